The predicted molar refractivity (Wildman–Crippen MR) is 142 cm³/mol. The van der Waals surface area contributed by atoms with Crippen molar-refractivity contribution < 1.29 is 18.3 Å². The van der Waals surface area contributed by atoms with Crippen LogP contribution in [0.4, 0.5) is 5.69 Å². The largest absolute Gasteiger partial charge is 0.480 e. The van der Waals surface area contributed by atoms with E-state index in [2.05, 4.69) is 15.0 Å². The van der Waals surface area contributed by atoms with Crippen LogP contribution in [-0.4, -0.2) is 34.6 Å². The Hall–Kier alpha value is -3.66. The van der Waals surface area contributed by atoms with Gasteiger partial charge in [-0.05, 0) is 59.5 Å². The molecule has 10 heteroatoms. The van der Waals surface area contributed by atoms with Crippen LogP contribution in [0.25, 0.3) is 11.1 Å². The number of sulfonamides is 1. The first-order valence-corrected chi connectivity index (χ1v) is 13.5. The maximum absolute atomic E-state index is 13.2. The van der Waals surface area contributed by atoms with Crippen molar-refractivity contribution in [3.05, 3.63) is 102 Å². The van der Waals surface area contributed by atoms with Crippen molar-refractivity contribution in [3.63, 3.8) is 0 Å². The Morgan fingerprint density at radius 1 is 1.11 bits per heavy atom. The number of carboxylic acids is 1. The number of imidazole rings is 1. The summed E-state index contributed by atoms with van der Waals surface area (Å²) in [4.78, 5) is 16.6. The molecule has 1 saturated carbocycles. The van der Waals surface area contributed by atoms with Gasteiger partial charge in [-0.3, -0.25) is 4.79 Å². The maximum atomic E-state index is 13.2. The van der Waals surface area contributed by atoms with Crippen LogP contribution in [0.5, 0.6) is 0 Å². The van der Waals surface area contributed by atoms with Crippen molar-refractivity contribution in [2.45, 2.75) is 29.3 Å². The van der Waals surface area contributed by atoms with E-state index in [-0.39, 0.29) is 11.3 Å². The summed E-state index contributed by atoms with van der Waals surface area (Å²) in [5.41, 5.74) is 1.65. The molecule has 0 bridgehead atoms. The summed E-state index contributed by atoms with van der Waals surface area (Å²) >= 11 is 5.94. The van der Waals surface area contributed by atoms with E-state index < -0.39 is 27.4 Å². The minimum Gasteiger partial charge on any atom is -0.480 e. The second-order valence-corrected chi connectivity index (χ2v) is 11.2. The zero-order valence-electron chi connectivity index (χ0n) is 19.9. The molecular formula is C27H25ClN4O4S. The van der Waals surface area contributed by atoms with Gasteiger partial charge in [0.05, 0.1) is 11.4 Å². The summed E-state index contributed by atoms with van der Waals surface area (Å²) in [6.07, 6.45) is 3.74. The van der Waals surface area contributed by atoms with Gasteiger partial charge in [0.1, 0.15) is 11.4 Å². The normalized spacial score (nSPS) is 18.9. The quantitative estimate of drug-likeness (QED) is 0.287. The van der Waals surface area contributed by atoms with Crippen molar-refractivity contribution in [2.75, 3.05) is 5.32 Å². The van der Waals surface area contributed by atoms with Gasteiger partial charge in [0.2, 0.25) is 10.0 Å². The van der Waals surface area contributed by atoms with Crippen molar-refractivity contribution in [1.29, 1.82) is 0 Å². The lowest BCUT2D eigenvalue weighted by molar-refractivity contribution is -0.140. The molecule has 1 aliphatic carbocycles. The molecule has 4 aromatic rings. The number of halogens is 1. The van der Waals surface area contributed by atoms with E-state index in [1.165, 1.54) is 12.1 Å². The number of nitrogens with zero attached hydrogens (tertiary/aromatic N) is 2. The minimum absolute atomic E-state index is 0.00183. The van der Waals surface area contributed by atoms with Gasteiger partial charge in [-0.25, -0.2) is 13.4 Å². The van der Waals surface area contributed by atoms with E-state index in [9.17, 15) is 18.3 Å². The molecule has 1 aliphatic rings. The van der Waals surface area contributed by atoms with Crippen LogP contribution in [0.2, 0.25) is 5.02 Å². The third-order valence-electron chi connectivity index (χ3n) is 6.66. The number of rotatable bonds is 9. The van der Waals surface area contributed by atoms with E-state index in [4.69, 9.17) is 11.6 Å². The fourth-order valence-electron chi connectivity index (χ4n) is 4.44. The summed E-state index contributed by atoms with van der Waals surface area (Å²) in [5.74, 6) is -0.847. The van der Waals surface area contributed by atoms with E-state index in [0.717, 1.165) is 28.2 Å². The molecule has 0 aliphatic heterocycles. The fraction of sp³-hybridized carbons (Fsp3) is 0.185. The molecule has 37 heavy (non-hydrogen) atoms. The Kier molecular flexibility index (Phi) is 6.53. The van der Waals surface area contributed by atoms with Gasteiger partial charge in [0.15, 0.2) is 0 Å². The second kappa shape index (κ2) is 9.66. The van der Waals surface area contributed by atoms with Crippen LogP contribution in [0.15, 0.2) is 90.1 Å². The topological polar surface area (TPSA) is 113 Å². The number of aryl methyl sites for hydroxylation is 1. The molecule has 8 nitrogen and oxygen atoms in total. The number of carbonyl (C=O) groups is 1. The summed E-state index contributed by atoms with van der Waals surface area (Å²) in [6, 6.07) is 20.9. The van der Waals surface area contributed by atoms with Gasteiger partial charge in [-0.2, -0.15) is 4.72 Å². The summed E-state index contributed by atoms with van der Waals surface area (Å²) in [6.45, 7) is 0.500. The molecule has 3 aromatic carbocycles. The molecule has 0 unspecified atom stereocenters. The van der Waals surface area contributed by atoms with Gasteiger partial charge >= 0.3 is 5.97 Å². The van der Waals surface area contributed by atoms with E-state index in [1.54, 1.807) is 30.5 Å². The van der Waals surface area contributed by atoms with Crippen LogP contribution in [-0.2, 0) is 28.4 Å². The zero-order chi connectivity index (χ0) is 26.2. The lowest BCUT2D eigenvalue weighted by Gasteiger charge is -2.16. The number of benzene rings is 3. The van der Waals surface area contributed by atoms with Crippen molar-refractivity contribution in [1.82, 2.24) is 14.3 Å². The predicted octanol–water partition coefficient (Wildman–Crippen LogP) is 4.64. The standard InChI is InChI=1S/C27H25ClN4O4S/c1-32-14-13-29-25(32)17-30-22-4-2-3-20(15-22)24-16-27(24,26(33)34)31-37(35,36)23-11-7-19(8-12-23)18-5-9-21(28)10-6-18/h2-15,24,30-31H,16-17H2,1H3,(H,33,34)/t24-,27+/m0/s1. The third-order valence-corrected chi connectivity index (χ3v) is 8.44. The average molecular weight is 537 g/mol. The smallest absolute Gasteiger partial charge is 0.325 e. The first-order valence-electron chi connectivity index (χ1n) is 11.6. The fourth-order valence-corrected chi connectivity index (χ4v) is 5.97. The van der Waals surface area contributed by atoms with Crippen molar-refractivity contribution >= 4 is 33.3 Å². The number of anilines is 1. The molecule has 0 saturated heterocycles. The highest BCUT2D eigenvalue weighted by atomic mass is 35.5. The molecule has 1 aromatic heterocycles. The Labute approximate surface area is 220 Å². The Morgan fingerprint density at radius 3 is 2.41 bits per heavy atom. The van der Waals surface area contributed by atoms with Crippen LogP contribution in [0.3, 0.4) is 0 Å². The summed E-state index contributed by atoms with van der Waals surface area (Å²) in [7, 11) is -2.17. The highest BCUT2D eigenvalue weighted by Gasteiger charge is 2.63. The van der Waals surface area contributed by atoms with Crippen LogP contribution >= 0.6 is 11.6 Å². The molecular weight excluding hydrogens is 512 g/mol. The Bertz CT molecular complexity index is 1550. The molecule has 0 spiro atoms. The van der Waals surface area contributed by atoms with Crippen molar-refractivity contribution in [2.24, 2.45) is 7.05 Å². The molecule has 1 fully saturated rings. The average Bonchev–Trinajstić information content (AvgIpc) is 3.47. The highest BCUT2D eigenvalue weighted by Crippen LogP contribution is 2.52. The number of hydrogen-bond donors (Lipinski definition) is 3. The molecule has 2 atom stereocenters. The number of hydrogen-bond acceptors (Lipinski definition) is 5. The molecule has 190 valence electrons. The molecule has 3 N–H and O–H groups in total. The van der Waals surface area contributed by atoms with Gasteiger partial charge in [0, 0.05) is 36.1 Å². The van der Waals surface area contributed by atoms with Gasteiger partial charge in [-0.15, -0.1) is 0 Å². The SMILES string of the molecule is Cn1ccnc1CNc1cccc([C@@H]2C[C@]2(NS(=O)(=O)c2ccc(-c3ccc(Cl)cc3)cc2)C(=O)O)c1. The Balaban J connectivity index is 1.32. The van der Waals surface area contributed by atoms with Gasteiger partial charge < -0.3 is 15.0 Å². The summed E-state index contributed by atoms with van der Waals surface area (Å²) < 4.78 is 30.7. The number of aromatic nitrogens is 2. The van der Waals surface area contributed by atoms with E-state index in [0.29, 0.717) is 11.6 Å². The molecule has 5 rings (SSSR count). The third kappa shape index (κ3) is 5.11. The van der Waals surface area contributed by atoms with E-state index in [1.807, 2.05) is 54.2 Å². The lowest BCUT2D eigenvalue weighted by Crippen LogP contribution is -2.44. The van der Waals surface area contributed by atoms with Gasteiger partial charge in [0.25, 0.3) is 0 Å². The van der Waals surface area contributed by atoms with Crippen molar-refractivity contribution in [3.8, 4) is 11.1 Å². The maximum Gasteiger partial charge on any atom is 0.325 e. The lowest BCUT2D eigenvalue weighted by atomic mass is 10.1. The Morgan fingerprint density at radius 2 is 1.78 bits per heavy atom. The molecule has 0 amide bonds. The second-order valence-electron chi connectivity index (χ2n) is 9.10. The molecule has 0 radical (unpaired) electrons. The summed E-state index contributed by atoms with van der Waals surface area (Å²) in [5, 5.41) is 13.9. The first kappa shape index (κ1) is 25.0. The van der Waals surface area contributed by atoms with Gasteiger partial charge in [-0.1, -0.05) is 48.0 Å². The minimum atomic E-state index is -4.08. The number of aliphatic carboxylic acids is 1. The monoisotopic (exact) mass is 536 g/mol. The number of carboxylic acid groups (broad SMARTS) is 1. The zero-order valence-corrected chi connectivity index (χ0v) is 21.5. The first-order chi connectivity index (χ1) is 17.7. The van der Waals surface area contributed by atoms with E-state index >= 15 is 0 Å². The van der Waals surface area contributed by atoms with Crippen LogP contribution < -0.4 is 10.0 Å². The van der Waals surface area contributed by atoms with Crippen LogP contribution in [0.1, 0.15) is 23.7 Å². The highest BCUT2D eigenvalue weighted by molar-refractivity contribution is 7.89. The number of nitrogens with one attached hydrogen (secondary N) is 2. The molecule has 1 heterocycles. The van der Waals surface area contributed by atoms with Crippen LogP contribution in [0, 0.1) is 0 Å².